The van der Waals surface area contributed by atoms with Gasteiger partial charge in [-0.2, -0.15) is 0 Å². The number of hydrogen-bond donors (Lipinski definition) is 0. The maximum atomic E-state index is 10.8. The van der Waals surface area contributed by atoms with Crippen molar-refractivity contribution in [2.45, 2.75) is 20.0 Å². The van der Waals surface area contributed by atoms with Gasteiger partial charge in [0.1, 0.15) is 6.61 Å². The predicted molar refractivity (Wildman–Crippen MR) is 40.9 cm³/mol. The fourth-order valence-corrected chi connectivity index (χ4v) is 0.501. The smallest absolute Gasteiger partial charge is 0.334 e. The lowest BCUT2D eigenvalue weighted by atomic mass is 10.4. The highest BCUT2D eigenvalue weighted by Crippen LogP contribution is 1.93. The molecular weight excluding hydrogens is 144 g/mol. The van der Waals surface area contributed by atoms with Crippen LogP contribution in [-0.4, -0.2) is 25.3 Å². The molecule has 0 radical (unpaired) electrons. The Kier molecular flexibility index (Phi) is 5.22. The van der Waals surface area contributed by atoms with Crippen LogP contribution in [0.3, 0.4) is 0 Å². The minimum absolute atomic E-state index is 0.139. The van der Waals surface area contributed by atoms with Gasteiger partial charge in [0.15, 0.2) is 6.10 Å². The van der Waals surface area contributed by atoms with E-state index < -0.39 is 6.10 Å². The quantitative estimate of drug-likeness (QED) is 0.441. The highest BCUT2D eigenvalue weighted by molar-refractivity contribution is 5.74. The molecule has 0 rings (SSSR count). The normalized spacial score (nSPS) is 11.7. The number of terminal acetylenes is 1. The second kappa shape index (κ2) is 5.75. The van der Waals surface area contributed by atoms with Crippen LogP contribution < -0.4 is 0 Å². The van der Waals surface area contributed by atoms with Gasteiger partial charge in [0.05, 0.1) is 6.61 Å². The third-order valence-electron chi connectivity index (χ3n) is 1.04. The fraction of sp³-hybridized carbons (Fsp3) is 0.625. The van der Waals surface area contributed by atoms with Gasteiger partial charge in [0.2, 0.25) is 0 Å². The monoisotopic (exact) mass is 156 g/mol. The Labute approximate surface area is 66.7 Å². The van der Waals surface area contributed by atoms with Gasteiger partial charge in [0, 0.05) is 0 Å². The molecular formula is C8H12O3. The Balaban J connectivity index is 3.57. The van der Waals surface area contributed by atoms with E-state index in [1.807, 2.05) is 0 Å². The van der Waals surface area contributed by atoms with E-state index in [9.17, 15) is 4.79 Å². The Hall–Kier alpha value is -1.01. The minimum Gasteiger partial charge on any atom is -0.464 e. The molecule has 0 aliphatic carbocycles. The van der Waals surface area contributed by atoms with E-state index in [4.69, 9.17) is 11.2 Å². The minimum atomic E-state index is -0.564. The van der Waals surface area contributed by atoms with Crippen molar-refractivity contribution < 1.29 is 14.3 Å². The molecule has 0 heterocycles. The van der Waals surface area contributed by atoms with Crippen LogP contribution in [0.4, 0.5) is 0 Å². The van der Waals surface area contributed by atoms with Gasteiger partial charge in [-0.25, -0.2) is 4.79 Å². The van der Waals surface area contributed by atoms with E-state index >= 15 is 0 Å². The molecule has 0 saturated carbocycles. The van der Waals surface area contributed by atoms with Crippen molar-refractivity contribution in [2.75, 3.05) is 13.2 Å². The Morgan fingerprint density at radius 1 is 1.73 bits per heavy atom. The van der Waals surface area contributed by atoms with Crippen molar-refractivity contribution in [3.63, 3.8) is 0 Å². The molecule has 1 atom stereocenters. The van der Waals surface area contributed by atoms with E-state index in [-0.39, 0.29) is 12.6 Å². The molecule has 0 N–H and O–H groups in total. The van der Waals surface area contributed by atoms with Crippen molar-refractivity contribution in [1.82, 2.24) is 0 Å². The number of rotatable bonds is 4. The number of esters is 1. The molecule has 0 aromatic rings. The first-order valence-corrected chi connectivity index (χ1v) is 3.44. The van der Waals surface area contributed by atoms with Crippen LogP contribution in [0.5, 0.6) is 0 Å². The van der Waals surface area contributed by atoms with Crippen molar-refractivity contribution >= 4 is 5.97 Å². The van der Waals surface area contributed by atoms with Crippen LogP contribution in [0.25, 0.3) is 0 Å². The summed E-state index contributed by atoms with van der Waals surface area (Å²) in [5.74, 6) is 1.89. The number of ether oxygens (including phenoxy) is 2. The first-order valence-electron chi connectivity index (χ1n) is 3.44. The van der Waals surface area contributed by atoms with Gasteiger partial charge in [-0.3, -0.25) is 0 Å². The average Bonchev–Trinajstić information content (AvgIpc) is 2.00. The Bertz CT molecular complexity index is 157. The zero-order valence-corrected chi connectivity index (χ0v) is 6.79. The lowest BCUT2D eigenvalue weighted by Gasteiger charge is -2.08. The van der Waals surface area contributed by atoms with Crippen molar-refractivity contribution in [3.8, 4) is 12.3 Å². The van der Waals surface area contributed by atoms with Crippen LogP contribution in [0.2, 0.25) is 0 Å². The van der Waals surface area contributed by atoms with Crippen molar-refractivity contribution in [2.24, 2.45) is 0 Å². The molecule has 11 heavy (non-hydrogen) atoms. The summed E-state index contributed by atoms with van der Waals surface area (Å²) in [7, 11) is 0. The van der Waals surface area contributed by atoms with E-state index in [0.717, 1.165) is 0 Å². The number of carbonyl (C=O) groups is 1. The highest BCUT2D eigenvalue weighted by atomic mass is 16.6. The largest absolute Gasteiger partial charge is 0.464 e. The molecule has 0 fully saturated rings. The van der Waals surface area contributed by atoms with Gasteiger partial charge in [-0.15, -0.1) is 6.42 Å². The maximum Gasteiger partial charge on any atom is 0.334 e. The molecule has 0 aromatic carbocycles. The molecule has 0 bridgehead atoms. The van der Waals surface area contributed by atoms with Gasteiger partial charge in [0.25, 0.3) is 0 Å². The van der Waals surface area contributed by atoms with Crippen LogP contribution in [-0.2, 0) is 14.3 Å². The first-order chi connectivity index (χ1) is 5.22. The van der Waals surface area contributed by atoms with E-state index in [2.05, 4.69) is 10.7 Å². The summed E-state index contributed by atoms with van der Waals surface area (Å²) in [6.07, 6.45) is 4.36. The van der Waals surface area contributed by atoms with Crippen molar-refractivity contribution in [3.05, 3.63) is 0 Å². The molecule has 0 amide bonds. The summed E-state index contributed by atoms with van der Waals surface area (Å²) in [6.45, 7) is 3.85. The van der Waals surface area contributed by atoms with Crippen LogP contribution in [0.1, 0.15) is 13.8 Å². The molecule has 3 nitrogen and oxygen atoms in total. The average molecular weight is 156 g/mol. The lowest BCUT2D eigenvalue weighted by Crippen LogP contribution is -2.23. The van der Waals surface area contributed by atoms with Crippen LogP contribution >= 0.6 is 0 Å². The summed E-state index contributed by atoms with van der Waals surface area (Å²) in [5.41, 5.74) is 0. The molecule has 3 heteroatoms. The first kappa shape index (κ1) is 9.99. The van der Waals surface area contributed by atoms with Gasteiger partial charge in [-0.1, -0.05) is 5.92 Å². The highest BCUT2D eigenvalue weighted by Gasteiger charge is 2.12. The molecule has 0 aliphatic heterocycles. The van der Waals surface area contributed by atoms with Gasteiger partial charge < -0.3 is 9.47 Å². The number of carbonyl (C=O) groups excluding carboxylic acids is 1. The zero-order chi connectivity index (χ0) is 8.69. The summed E-state index contributed by atoms with van der Waals surface area (Å²) >= 11 is 0. The number of hydrogen-bond acceptors (Lipinski definition) is 3. The van der Waals surface area contributed by atoms with E-state index in [1.165, 1.54) is 0 Å². The summed E-state index contributed by atoms with van der Waals surface area (Å²) < 4.78 is 9.56. The third-order valence-corrected chi connectivity index (χ3v) is 1.04. The van der Waals surface area contributed by atoms with Crippen LogP contribution in [0.15, 0.2) is 0 Å². The Morgan fingerprint density at radius 3 is 2.82 bits per heavy atom. The van der Waals surface area contributed by atoms with Gasteiger partial charge in [-0.05, 0) is 13.8 Å². The summed E-state index contributed by atoms with van der Waals surface area (Å²) in [6, 6.07) is 0. The SMILES string of the molecule is C#CCO[C@@H](C)C(=O)OCC. The molecule has 62 valence electrons. The zero-order valence-electron chi connectivity index (χ0n) is 6.79. The second-order valence-corrected chi connectivity index (χ2v) is 1.91. The Morgan fingerprint density at radius 2 is 2.36 bits per heavy atom. The van der Waals surface area contributed by atoms with Crippen molar-refractivity contribution in [1.29, 1.82) is 0 Å². The lowest BCUT2D eigenvalue weighted by molar-refractivity contribution is -0.154. The second-order valence-electron chi connectivity index (χ2n) is 1.91. The van der Waals surface area contributed by atoms with Crippen LogP contribution in [0, 0.1) is 12.3 Å². The standard InChI is InChI=1S/C8H12O3/c1-4-6-11-7(3)8(9)10-5-2/h1,7H,5-6H2,2-3H3/t7-/m0/s1. The fourth-order valence-electron chi connectivity index (χ4n) is 0.501. The predicted octanol–water partition coefficient (Wildman–Crippen LogP) is 0.588. The third kappa shape index (κ3) is 4.40. The molecule has 0 aromatic heterocycles. The van der Waals surface area contributed by atoms with Gasteiger partial charge >= 0.3 is 5.97 Å². The summed E-state index contributed by atoms with van der Waals surface area (Å²) in [5, 5.41) is 0. The molecule has 0 saturated heterocycles. The molecule has 0 unspecified atom stereocenters. The summed E-state index contributed by atoms with van der Waals surface area (Å²) in [4.78, 5) is 10.8. The molecule has 0 aliphatic rings. The topological polar surface area (TPSA) is 35.5 Å². The molecule has 0 spiro atoms. The van der Waals surface area contributed by atoms with E-state index in [0.29, 0.717) is 6.61 Å². The van der Waals surface area contributed by atoms with E-state index in [1.54, 1.807) is 13.8 Å². The maximum absolute atomic E-state index is 10.8.